The van der Waals surface area contributed by atoms with Crippen molar-refractivity contribution in [3.05, 3.63) is 22.8 Å². The molecule has 0 saturated heterocycles. The van der Waals surface area contributed by atoms with E-state index in [0.717, 1.165) is 5.92 Å². The molecule has 90 valence electrons. The monoisotopic (exact) mass is 218 g/mol. The zero-order valence-electron chi connectivity index (χ0n) is 11.8. The molecule has 0 aromatic carbocycles. The normalized spacial score (nSPS) is 26.1. The smallest absolute Gasteiger partial charge is 0.00940 e. The van der Waals surface area contributed by atoms with Gasteiger partial charge < -0.3 is 0 Å². The Labute approximate surface area is 101 Å². The number of hydrogen-bond donors (Lipinski definition) is 0. The largest absolute Gasteiger partial charge is 0.0626 e. The Hall–Kier alpha value is -0.520. The SMILES string of the molecule is CC(C)(C)C1=CC2=C(CCC2C(C)(C)C)C1. The lowest BCUT2D eigenvalue weighted by molar-refractivity contribution is 0.281. The topological polar surface area (TPSA) is 0 Å². The average molecular weight is 218 g/mol. The van der Waals surface area contributed by atoms with Crippen LogP contribution in [-0.4, -0.2) is 0 Å². The summed E-state index contributed by atoms with van der Waals surface area (Å²) in [5.74, 6) is 0.794. The van der Waals surface area contributed by atoms with Gasteiger partial charge in [0, 0.05) is 0 Å². The van der Waals surface area contributed by atoms with Crippen LogP contribution in [0.25, 0.3) is 0 Å². The minimum atomic E-state index is 0.354. The van der Waals surface area contributed by atoms with E-state index in [-0.39, 0.29) is 0 Å². The summed E-state index contributed by atoms with van der Waals surface area (Å²) in [7, 11) is 0. The van der Waals surface area contributed by atoms with E-state index < -0.39 is 0 Å². The van der Waals surface area contributed by atoms with Gasteiger partial charge in [-0.15, -0.1) is 0 Å². The molecule has 1 atom stereocenters. The zero-order valence-corrected chi connectivity index (χ0v) is 11.8. The molecule has 2 rings (SSSR count). The third-order valence-electron chi connectivity index (χ3n) is 4.26. The van der Waals surface area contributed by atoms with Gasteiger partial charge >= 0.3 is 0 Å². The average Bonchev–Trinajstić information content (AvgIpc) is 2.53. The Kier molecular flexibility index (Phi) is 2.60. The van der Waals surface area contributed by atoms with E-state index >= 15 is 0 Å². The van der Waals surface area contributed by atoms with Crippen molar-refractivity contribution < 1.29 is 0 Å². The molecule has 0 aromatic rings. The summed E-state index contributed by atoms with van der Waals surface area (Å²) in [6.45, 7) is 14.2. The first-order chi connectivity index (χ1) is 7.19. The van der Waals surface area contributed by atoms with Gasteiger partial charge in [-0.2, -0.15) is 0 Å². The lowest BCUT2D eigenvalue weighted by Gasteiger charge is -2.29. The maximum Gasteiger partial charge on any atom is -0.00940 e. The molecule has 16 heavy (non-hydrogen) atoms. The van der Waals surface area contributed by atoms with Crippen molar-refractivity contribution in [2.45, 2.75) is 60.8 Å². The summed E-state index contributed by atoms with van der Waals surface area (Å²) in [6.07, 6.45) is 6.50. The minimum absolute atomic E-state index is 0.354. The van der Waals surface area contributed by atoms with Crippen molar-refractivity contribution in [3.8, 4) is 0 Å². The molecule has 0 aromatic heterocycles. The molecule has 0 heteroatoms. The molecular formula is C16H26. The lowest BCUT2D eigenvalue weighted by Crippen LogP contribution is -2.19. The molecule has 0 fully saturated rings. The van der Waals surface area contributed by atoms with Crippen molar-refractivity contribution in [1.82, 2.24) is 0 Å². The van der Waals surface area contributed by atoms with Crippen molar-refractivity contribution in [3.63, 3.8) is 0 Å². The highest BCUT2D eigenvalue weighted by molar-refractivity contribution is 5.45. The van der Waals surface area contributed by atoms with Crippen molar-refractivity contribution in [2.24, 2.45) is 16.7 Å². The molecule has 0 nitrogen and oxygen atoms in total. The molecule has 1 unspecified atom stereocenters. The third-order valence-corrected chi connectivity index (χ3v) is 4.26. The highest BCUT2D eigenvalue weighted by Gasteiger charge is 2.37. The molecule has 0 heterocycles. The van der Waals surface area contributed by atoms with Crippen molar-refractivity contribution in [1.29, 1.82) is 0 Å². The summed E-state index contributed by atoms with van der Waals surface area (Å²) in [4.78, 5) is 0. The Morgan fingerprint density at radius 2 is 1.69 bits per heavy atom. The molecule has 0 spiro atoms. The first-order valence-corrected chi connectivity index (χ1v) is 6.62. The van der Waals surface area contributed by atoms with Gasteiger partial charge in [-0.25, -0.2) is 0 Å². The lowest BCUT2D eigenvalue weighted by atomic mass is 9.76. The zero-order chi connectivity index (χ0) is 12.1. The molecule has 0 N–H and O–H groups in total. The van der Waals surface area contributed by atoms with Crippen LogP contribution in [0.15, 0.2) is 22.8 Å². The Bertz CT molecular complexity index is 352. The van der Waals surface area contributed by atoms with Gasteiger partial charge in [0.15, 0.2) is 0 Å². The second kappa shape index (κ2) is 3.48. The number of allylic oxidation sites excluding steroid dienone is 4. The molecule has 0 amide bonds. The fourth-order valence-corrected chi connectivity index (χ4v) is 3.11. The predicted octanol–water partition coefficient (Wildman–Crippen LogP) is 5.12. The van der Waals surface area contributed by atoms with Crippen LogP contribution in [0.3, 0.4) is 0 Å². The highest BCUT2D eigenvalue weighted by atomic mass is 14.4. The second-order valence-corrected chi connectivity index (χ2v) is 7.61. The Morgan fingerprint density at radius 1 is 1.06 bits per heavy atom. The Balaban J connectivity index is 2.26. The van der Waals surface area contributed by atoms with E-state index in [2.05, 4.69) is 47.6 Å². The quantitative estimate of drug-likeness (QED) is 0.529. The van der Waals surface area contributed by atoms with Crippen LogP contribution in [0.5, 0.6) is 0 Å². The van der Waals surface area contributed by atoms with Crippen LogP contribution < -0.4 is 0 Å². The molecule has 0 bridgehead atoms. The second-order valence-electron chi connectivity index (χ2n) is 7.61. The molecule has 2 aliphatic carbocycles. The van der Waals surface area contributed by atoms with Crippen LogP contribution in [0.2, 0.25) is 0 Å². The van der Waals surface area contributed by atoms with Gasteiger partial charge in [-0.3, -0.25) is 0 Å². The molecule has 0 radical (unpaired) electrons. The predicted molar refractivity (Wildman–Crippen MR) is 71.4 cm³/mol. The fourth-order valence-electron chi connectivity index (χ4n) is 3.11. The molecule has 2 aliphatic rings. The van der Waals surface area contributed by atoms with E-state index in [0.29, 0.717) is 10.8 Å². The van der Waals surface area contributed by atoms with Crippen LogP contribution in [0.4, 0.5) is 0 Å². The number of rotatable bonds is 0. The van der Waals surface area contributed by atoms with Crippen LogP contribution in [-0.2, 0) is 0 Å². The first kappa shape index (κ1) is 12.0. The van der Waals surface area contributed by atoms with E-state index in [4.69, 9.17) is 0 Å². The summed E-state index contributed by atoms with van der Waals surface area (Å²) < 4.78 is 0. The van der Waals surface area contributed by atoms with E-state index in [1.807, 2.05) is 0 Å². The van der Waals surface area contributed by atoms with Gasteiger partial charge in [0.25, 0.3) is 0 Å². The van der Waals surface area contributed by atoms with Crippen LogP contribution in [0.1, 0.15) is 60.8 Å². The fraction of sp³-hybridized carbons (Fsp3) is 0.750. The summed E-state index contributed by atoms with van der Waals surface area (Å²) in [5.41, 5.74) is 5.86. The molecule has 0 saturated carbocycles. The van der Waals surface area contributed by atoms with Gasteiger partial charge in [-0.1, -0.05) is 58.8 Å². The van der Waals surface area contributed by atoms with Gasteiger partial charge in [0.1, 0.15) is 0 Å². The molecule has 0 aliphatic heterocycles. The van der Waals surface area contributed by atoms with E-state index in [9.17, 15) is 0 Å². The highest BCUT2D eigenvalue weighted by Crippen LogP contribution is 2.51. The summed E-state index contributed by atoms with van der Waals surface area (Å²) in [5, 5.41) is 0. The maximum atomic E-state index is 2.53. The molecular weight excluding hydrogens is 192 g/mol. The van der Waals surface area contributed by atoms with E-state index in [1.165, 1.54) is 19.3 Å². The van der Waals surface area contributed by atoms with Gasteiger partial charge in [0.05, 0.1) is 0 Å². The van der Waals surface area contributed by atoms with Gasteiger partial charge in [-0.05, 0) is 41.6 Å². The van der Waals surface area contributed by atoms with Crippen molar-refractivity contribution in [2.75, 3.05) is 0 Å². The summed E-state index contributed by atoms with van der Waals surface area (Å²) in [6, 6.07) is 0. The third kappa shape index (κ3) is 1.99. The Morgan fingerprint density at radius 3 is 2.19 bits per heavy atom. The first-order valence-electron chi connectivity index (χ1n) is 6.62. The van der Waals surface area contributed by atoms with Gasteiger partial charge in [0.2, 0.25) is 0 Å². The summed E-state index contributed by atoms with van der Waals surface area (Å²) >= 11 is 0. The minimum Gasteiger partial charge on any atom is -0.0626 e. The van der Waals surface area contributed by atoms with Crippen LogP contribution in [0, 0.1) is 16.7 Å². The van der Waals surface area contributed by atoms with Crippen molar-refractivity contribution >= 4 is 0 Å². The maximum absolute atomic E-state index is 2.53. The van der Waals surface area contributed by atoms with E-state index in [1.54, 1.807) is 16.7 Å². The standard InChI is InChI=1S/C16H26/c1-15(2,3)12-9-11-7-8-14(13(11)10-12)16(4,5)6/h10,14H,7-9H2,1-6H3. The number of hydrogen-bond acceptors (Lipinski definition) is 0. The van der Waals surface area contributed by atoms with Crippen LogP contribution >= 0.6 is 0 Å².